The number of guanidine groups is 1. The van der Waals surface area contributed by atoms with Crippen LogP contribution in [0.15, 0.2) is 4.99 Å². The number of nitrogens with zero attached hydrogens (tertiary/aromatic N) is 4. The fraction of sp³-hybridized carbons (Fsp3) is 0.766. The second kappa shape index (κ2) is 31.3. The minimum absolute atomic E-state index is 0.110. The van der Waals surface area contributed by atoms with E-state index < -0.39 is 120 Å². The molecule has 10 amide bonds. The van der Waals surface area contributed by atoms with Crippen molar-refractivity contribution < 1.29 is 53.1 Å². The Hall–Kier alpha value is -6.07. The standard InChI is InChI=1S/C47H85N13O11/c1-13-19-32(41(66)55-37(27(7)14-2)43(68)53-31(20-17-22-51-47(48)49)45(70)60-23-18-21-33(60)40(65)50-16-4)59(12)46(71)39(29(9)61)57-44(69)38(28(8)15-3)56-42(67)36(26(5)6)54-34(63)24-52-35(64)25-58(11)30(10)62/h26-29,31-33,36-39,61H,13-25H2,1-12H3,(H,50,65)(H,52,64)(H,53,68)(H,54,63)(H,55,66)(H,56,67)(H,57,69)(H4,48,49,51)/t27-,28-,29+,31-,32-,33-,36-,37-,38+,39-/m0/s1. The molecular formula is C47H85N13O11. The fourth-order valence-corrected chi connectivity index (χ4v) is 7.81. The lowest BCUT2D eigenvalue weighted by Crippen LogP contribution is -2.63. The zero-order valence-electron chi connectivity index (χ0n) is 44.0. The topological polar surface area (TPSA) is 349 Å². The number of hydrogen-bond donors (Lipinski definition) is 10. The van der Waals surface area contributed by atoms with Crippen molar-refractivity contribution in [1.29, 1.82) is 0 Å². The van der Waals surface area contributed by atoms with Gasteiger partial charge in [0.1, 0.15) is 42.3 Å². The maximum absolute atomic E-state index is 14.3. The molecule has 0 radical (unpaired) electrons. The van der Waals surface area contributed by atoms with Gasteiger partial charge in [-0.3, -0.25) is 52.9 Å². The van der Waals surface area contributed by atoms with Gasteiger partial charge in [0.05, 0.1) is 19.2 Å². The van der Waals surface area contributed by atoms with Gasteiger partial charge in [-0.2, -0.15) is 0 Å². The zero-order chi connectivity index (χ0) is 54.3. The average Bonchev–Trinajstić information content (AvgIpc) is 3.81. The van der Waals surface area contributed by atoms with Crippen LogP contribution in [0, 0.1) is 17.8 Å². The first-order valence-corrected chi connectivity index (χ1v) is 24.8. The molecule has 1 rings (SSSR count). The second-order valence-electron chi connectivity index (χ2n) is 18.8. The molecule has 0 bridgehead atoms. The molecule has 0 saturated carbocycles. The van der Waals surface area contributed by atoms with Crippen LogP contribution in [0.3, 0.4) is 0 Å². The van der Waals surface area contributed by atoms with Gasteiger partial charge in [-0.05, 0) is 63.7 Å². The summed E-state index contributed by atoms with van der Waals surface area (Å²) in [5.41, 5.74) is 11.0. The molecule has 0 aromatic heterocycles. The van der Waals surface area contributed by atoms with E-state index in [9.17, 15) is 53.1 Å². The molecule has 24 heteroatoms. The Bertz CT molecular complexity index is 1860. The summed E-state index contributed by atoms with van der Waals surface area (Å²) in [5, 5.41) is 29.6. The van der Waals surface area contributed by atoms with Gasteiger partial charge < -0.3 is 68.5 Å². The van der Waals surface area contributed by atoms with Gasteiger partial charge in [0.25, 0.3) is 0 Å². The Balaban J connectivity index is 3.38. The highest BCUT2D eigenvalue weighted by Crippen LogP contribution is 2.21. The maximum atomic E-state index is 14.3. The van der Waals surface area contributed by atoms with Crippen LogP contribution >= 0.6 is 0 Å². The molecule has 1 aliphatic heterocycles. The zero-order valence-corrected chi connectivity index (χ0v) is 44.0. The van der Waals surface area contributed by atoms with E-state index in [2.05, 4.69) is 42.2 Å². The second-order valence-corrected chi connectivity index (χ2v) is 18.8. The average molecular weight is 1010 g/mol. The number of aliphatic hydroxyl groups excluding tert-OH is 1. The van der Waals surface area contributed by atoms with E-state index in [1.165, 1.54) is 32.8 Å². The predicted octanol–water partition coefficient (Wildman–Crippen LogP) is -2.06. The van der Waals surface area contributed by atoms with Crippen molar-refractivity contribution >= 4 is 65.0 Å². The Morgan fingerprint density at radius 2 is 1.27 bits per heavy atom. The number of nitrogens with one attached hydrogen (secondary N) is 7. The number of amides is 10. The van der Waals surface area contributed by atoms with Crippen molar-refractivity contribution in [3.8, 4) is 0 Å². The van der Waals surface area contributed by atoms with Crippen LogP contribution in [0.4, 0.5) is 0 Å². The third-order valence-corrected chi connectivity index (χ3v) is 12.7. The molecule has 1 fully saturated rings. The molecule has 0 spiro atoms. The number of rotatable bonds is 30. The van der Waals surface area contributed by atoms with Crippen molar-refractivity contribution in [2.24, 2.45) is 34.2 Å². The number of aliphatic hydroxyl groups is 1. The van der Waals surface area contributed by atoms with Crippen LogP contribution in [0.2, 0.25) is 0 Å². The van der Waals surface area contributed by atoms with Gasteiger partial charge in [-0.25, -0.2) is 0 Å². The third-order valence-electron chi connectivity index (χ3n) is 12.7. The first-order chi connectivity index (χ1) is 33.3. The maximum Gasteiger partial charge on any atom is 0.248 e. The fourth-order valence-electron chi connectivity index (χ4n) is 7.81. The Morgan fingerprint density at radius 1 is 0.718 bits per heavy atom. The number of aliphatic imine (C=N–C) groups is 1. The first kappa shape index (κ1) is 62.9. The van der Waals surface area contributed by atoms with E-state index in [1.807, 2.05) is 6.92 Å². The molecule has 71 heavy (non-hydrogen) atoms. The van der Waals surface area contributed by atoms with Gasteiger partial charge in [0, 0.05) is 40.7 Å². The van der Waals surface area contributed by atoms with Crippen LogP contribution < -0.4 is 48.7 Å². The van der Waals surface area contributed by atoms with Crippen molar-refractivity contribution in [2.45, 2.75) is 169 Å². The molecule has 10 atom stereocenters. The largest absolute Gasteiger partial charge is 0.391 e. The summed E-state index contributed by atoms with van der Waals surface area (Å²) in [6, 6.07) is -8.25. The molecule has 1 saturated heterocycles. The van der Waals surface area contributed by atoms with Gasteiger partial charge in [0.15, 0.2) is 5.96 Å². The van der Waals surface area contributed by atoms with Gasteiger partial charge in [-0.15, -0.1) is 0 Å². The minimum Gasteiger partial charge on any atom is -0.391 e. The van der Waals surface area contributed by atoms with Gasteiger partial charge >= 0.3 is 0 Å². The van der Waals surface area contributed by atoms with Crippen molar-refractivity contribution in [2.75, 3.05) is 46.8 Å². The smallest absolute Gasteiger partial charge is 0.248 e. The summed E-state index contributed by atoms with van der Waals surface area (Å²) in [4.78, 5) is 142. The molecule has 0 unspecified atom stereocenters. The molecule has 0 aromatic carbocycles. The lowest BCUT2D eigenvalue weighted by atomic mass is 9.95. The lowest BCUT2D eigenvalue weighted by molar-refractivity contribution is -0.146. The highest BCUT2D eigenvalue weighted by Gasteiger charge is 2.41. The summed E-state index contributed by atoms with van der Waals surface area (Å²) in [7, 11) is 2.76. The molecular weight excluding hydrogens is 923 g/mol. The summed E-state index contributed by atoms with van der Waals surface area (Å²) in [6.45, 7) is 16.6. The summed E-state index contributed by atoms with van der Waals surface area (Å²) >= 11 is 0. The van der Waals surface area contributed by atoms with E-state index in [-0.39, 0.29) is 43.7 Å². The number of likely N-dealkylation sites (N-methyl/N-ethyl adjacent to an activating group) is 3. The highest BCUT2D eigenvalue weighted by atomic mass is 16.3. The van der Waals surface area contributed by atoms with Crippen LogP contribution in [0.1, 0.15) is 121 Å². The number of hydrogen-bond acceptors (Lipinski definition) is 12. The molecule has 1 heterocycles. The predicted molar refractivity (Wildman–Crippen MR) is 266 cm³/mol. The van der Waals surface area contributed by atoms with E-state index in [0.29, 0.717) is 51.6 Å². The minimum atomic E-state index is -1.61. The van der Waals surface area contributed by atoms with E-state index in [0.717, 1.165) is 9.80 Å². The molecule has 0 aromatic rings. The molecule has 404 valence electrons. The SMILES string of the molecule is CCC[C@@H](C(=O)N[C@H](C(=O)N[C@@H](CCCN=C(N)N)C(=O)N1CCC[C@H]1C(=O)NCC)[C@@H](C)CC)N(C)C(=O)[C@@H](NC(=O)[C@H](NC(=O)[C@@H](NC(=O)CNC(=O)CN(C)C(C)=O)C(C)C)[C@@H](C)CC)[C@@H](C)O. The van der Waals surface area contributed by atoms with Crippen LogP contribution in [-0.4, -0.2) is 180 Å². The Labute approximate surface area is 419 Å². The van der Waals surface area contributed by atoms with Crippen LogP contribution in [0.25, 0.3) is 0 Å². The number of nitrogens with two attached hydrogens (primary N) is 2. The molecule has 24 nitrogen and oxygen atoms in total. The van der Waals surface area contributed by atoms with Crippen molar-refractivity contribution in [3.63, 3.8) is 0 Å². The molecule has 0 aliphatic carbocycles. The highest BCUT2D eigenvalue weighted by molar-refractivity contribution is 5.98. The summed E-state index contributed by atoms with van der Waals surface area (Å²) in [6.07, 6.45) is 1.27. The Morgan fingerprint density at radius 3 is 1.77 bits per heavy atom. The Kier molecular flexibility index (Phi) is 27.8. The summed E-state index contributed by atoms with van der Waals surface area (Å²) < 4.78 is 0. The van der Waals surface area contributed by atoms with Crippen LogP contribution in [0.5, 0.6) is 0 Å². The lowest BCUT2D eigenvalue weighted by Gasteiger charge is -2.35. The van der Waals surface area contributed by atoms with Crippen LogP contribution in [-0.2, 0) is 47.9 Å². The number of likely N-dealkylation sites (tertiary alicyclic amines) is 1. The third kappa shape index (κ3) is 20.3. The van der Waals surface area contributed by atoms with Gasteiger partial charge in [-0.1, -0.05) is 67.7 Å². The number of carbonyl (C=O) groups is 10. The quantitative estimate of drug-likeness (QED) is 0.0211. The normalized spacial score (nSPS) is 17.0. The monoisotopic (exact) mass is 1010 g/mol. The summed E-state index contributed by atoms with van der Waals surface area (Å²) in [5.74, 6) is -7.80. The van der Waals surface area contributed by atoms with Gasteiger partial charge in [0.2, 0.25) is 59.1 Å². The van der Waals surface area contributed by atoms with Crippen molar-refractivity contribution in [3.05, 3.63) is 0 Å². The van der Waals surface area contributed by atoms with E-state index >= 15 is 0 Å². The van der Waals surface area contributed by atoms with E-state index in [4.69, 9.17) is 11.5 Å². The van der Waals surface area contributed by atoms with E-state index in [1.54, 1.807) is 48.5 Å². The first-order valence-electron chi connectivity index (χ1n) is 24.8. The molecule has 12 N–H and O–H groups in total. The van der Waals surface area contributed by atoms with Crippen molar-refractivity contribution in [1.82, 2.24) is 51.9 Å². The number of carbonyl (C=O) groups excluding carboxylic acids is 10. The molecule has 1 aliphatic rings.